The second-order valence-electron chi connectivity index (χ2n) is 0.253. The van der Waals surface area contributed by atoms with E-state index in [2.05, 4.69) is 35.8 Å². The Morgan fingerprint density at radius 1 is 1.67 bits per heavy atom. The first-order valence-electron chi connectivity index (χ1n) is 0.995. The van der Waals surface area contributed by atoms with Crippen molar-refractivity contribution >= 4 is 40.4 Å². The van der Waals surface area contributed by atoms with Crippen LogP contribution in [0.5, 0.6) is 0 Å². The van der Waals surface area contributed by atoms with Gasteiger partial charge in [0.05, 0.1) is 0 Å². The Labute approximate surface area is 52.0 Å². The predicted octanol–water partition coefficient (Wildman–Crippen LogP) is 2.13. The van der Waals surface area contributed by atoms with Crippen LogP contribution in [0.2, 0.25) is 0 Å². The number of alkyl halides is 1. The van der Waals surface area contributed by atoms with Gasteiger partial charge in [-0.25, -0.2) is 0 Å². The third-order valence-electron chi connectivity index (χ3n) is 0. The van der Waals surface area contributed by atoms with E-state index in [4.69, 9.17) is 4.79 Å². The molecule has 0 aliphatic heterocycles. The lowest BCUT2D eigenvalue weighted by Crippen LogP contribution is -1.47. The van der Waals surface area contributed by atoms with Crippen molar-refractivity contribution in [2.45, 2.75) is 0 Å². The minimum absolute atomic E-state index is 0.667. The lowest BCUT2D eigenvalue weighted by molar-refractivity contribution is 0.276. The van der Waals surface area contributed by atoms with Crippen molar-refractivity contribution < 1.29 is 4.79 Å². The van der Waals surface area contributed by atoms with Crippen LogP contribution in [0.15, 0.2) is 0 Å². The van der Waals surface area contributed by atoms with Gasteiger partial charge in [0.15, 0.2) is 0 Å². The average Bonchev–Trinajstić information content (AvgIpc) is 1.41. The van der Waals surface area contributed by atoms with Gasteiger partial charge in [0.2, 0.25) is 0 Å². The van der Waals surface area contributed by atoms with Gasteiger partial charge in [-0.15, -0.1) is 11.6 Å². The number of hydrogen-bond acceptors (Lipinski definition) is 1. The van der Waals surface area contributed by atoms with Crippen LogP contribution in [-0.2, 0) is 0 Å². The molecular weight excluding hydrogens is 143 g/mol. The van der Waals surface area contributed by atoms with Crippen LogP contribution in [0, 0.1) is 0 Å². The molecule has 0 atom stereocenters. The van der Waals surface area contributed by atoms with Crippen molar-refractivity contribution in [2.75, 3.05) is 6.38 Å². The topological polar surface area (TPSA) is 17.1 Å². The third kappa shape index (κ3) is 166. The van der Waals surface area contributed by atoms with E-state index in [1.165, 1.54) is 6.38 Å². The van der Waals surface area contributed by atoms with E-state index >= 15 is 0 Å². The minimum atomic E-state index is -0.667. The molecule has 1 nitrogen and oxygen atoms in total. The Kier molecular flexibility index (Phi) is 14.9. The molecule has 38 valence electrons. The molecule has 0 fully saturated rings. The molecule has 6 heavy (non-hydrogen) atoms. The maximum atomic E-state index is 9.07. The zero-order valence-electron chi connectivity index (χ0n) is 3.11. The van der Waals surface area contributed by atoms with Gasteiger partial charge in [0, 0.05) is 6.38 Å². The second kappa shape index (κ2) is 9.14. The number of rotatable bonds is 0. The van der Waals surface area contributed by atoms with Crippen molar-refractivity contribution in [3.63, 3.8) is 0 Å². The standard InChI is InChI=1S/CHClOS.CH3Cl/c2-1(3)4;1-2/h(H,3,4);1H3. The zero-order valence-corrected chi connectivity index (χ0v) is 5.52. The number of carbonyl (C=O) groups is 1. The molecule has 0 aromatic carbocycles. The molecule has 0 rings (SSSR count). The highest BCUT2D eigenvalue weighted by molar-refractivity contribution is 8.00. The van der Waals surface area contributed by atoms with Crippen LogP contribution in [0.3, 0.4) is 0 Å². The third-order valence-corrected chi connectivity index (χ3v) is 0. The van der Waals surface area contributed by atoms with Crippen molar-refractivity contribution in [1.29, 1.82) is 0 Å². The number of halogens is 2. The van der Waals surface area contributed by atoms with Crippen molar-refractivity contribution in [3.8, 4) is 0 Å². The monoisotopic (exact) mass is 146 g/mol. The molecule has 0 bridgehead atoms. The van der Waals surface area contributed by atoms with Gasteiger partial charge in [-0.05, 0) is 11.6 Å². The van der Waals surface area contributed by atoms with Crippen LogP contribution in [-0.4, -0.2) is 11.0 Å². The smallest absolute Gasteiger partial charge is 0.269 e. The lowest BCUT2D eigenvalue weighted by atomic mass is 11.8. The van der Waals surface area contributed by atoms with E-state index in [0.29, 0.717) is 0 Å². The molecule has 0 unspecified atom stereocenters. The summed E-state index contributed by atoms with van der Waals surface area (Å²) in [7, 11) is 0. The number of carbonyl (C=O) groups excluding carboxylic acids is 1. The highest BCUT2D eigenvalue weighted by Gasteiger charge is 1.68. The first kappa shape index (κ1) is 9.78. The molecule has 0 aliphatic carbocycles. The van der Waals surface area contributed by atoms with Crippen LogP contribution in [0.4, 0.5) is 4.79 Å². The van der Waals surface area contributed by atoms with E-state index in [1.807, 2.05) is 0 Å². The Hall–Kier alpha value is 0.600. The summed E-state index contributed by atoms with van der Waals surface area (Å²) in [5.74, 6) is 0. The largest absolute Gasteiger partial charge is 0.276 e. The van der Waals surface area contributed by atoms with Gasteiger partial charge in [-0.2, -0.15) is 0 Å². The average molecular weight is 147 g/mol. The highest BCUT2D eigenvalue weighted by atomic mass is 35.5. The molecule has 0 aromatic rings. The molecule has 0 aliphatic rings. The summed E-state index contributed by atoms with van der Waals surface area (Å²) in [4.78, 5) is 9.07. The van der Waals surface area contributed by atoms with Crippen molar-refractivity contribution in [1.82, 2.24) is 0 Å². The maximum Gasteiger partial charge on any atom is 0.276 e. The Balaban J connectivity index is 0. The van der Waals surface area contributed by atoms with E-state index in [-0.39, 0.29) is 0 Å². The minimum Gasteiger partial charge on any atom is -0.269 e. The summed E-state index contributed by atoms with van der Waals surface area (Å²) >= 11 is 12.2. The van der Waals surface area contributed by atoms with Gasteiger partial charge < -0.3 is 0 Å². The highest BCUT2D eigenvalue weighted by Crippen LogP contribution is 1.83. The molecule has 0 saturated carbocycles. The summed E-state index contributed by atoms with van der Waals surface area (Å²) in [6.45, 7) is 0. The molecule has 0 N–H and O–H groups in total. The molecular formula is C2H4Cl2OS. The molecule has 0 radical (unpaired) electrons. The predicted molar refractivity (Wildman–Crippen MR) is 32.0 cm³/mol. The van der Waals surface area contributed by atoms with E-state index in [1.54, 1.807) is 0 Å². The molecule has 4 heteroatoms. The van der Waals surface area contributed by atoms with Crippen LogP contribution < -0.4 is 0 Å². The van der Waals surface area contributed by atoms with Gasteiger partial charge in [0.25, 0.3) is 4.57 Å². The van der Waals surface area contributed by atoms with Gasteiger partial charge in [0.1, 0.15) is 0 Å². The van der Waals surface area contributed by atoms with E-state index < -0.39 is 4.57 Å². The van der Waals surface area contributed by atoms with Crippen molar-refractivity contribution in [3.05, 3.63) is 0 Å². The van der Waals surface area contributed by atoms with Crippen LogP contribution >= 0.6 is 35.8 Å². The SMILES string of the molecule is CCl.O=C(S)Cl. The fourth-order valence-corrected chi connectivity index (χ4v) is 0. The van der Waals surface area contributed by atoms with Crippen LogP contribution in [0.1, 0.15) is 0 Å². The lowest BCUT2D eigenvalue weighted by Gasteiger charge is -1.51. The Morgan fingerprint density at radius 2 is 1.67 bits per heavy atom. The number of hydrogen-bond donors (Lipinski definition) is 1. The van der Waals surface area contributed by atoms with E-state index in [0.717, 1.165) is 0 Å². The Bertz CT molecular complexity index is 34.5. The summed E-state index contributed by atoms with van der Waals surface area (Å²) < 4.78 is -0.667. The zero-order chi connectivity index (χ0) is 5.58. The summed E-state index contributed by atoms with van der Waals surface area (Å²) in [6, 6.07) is 0. The van der Waals surface area contributed by atoms with Gasteiger partial charge in [-0.1, -0.05) is 12.6 Å². The summed E-state index contributed by atoms with van der Waals surface area (Å²) in [6.07, 6.45) is 1.47. The first-order chi connectivity index (χ1) is 2.73. The second-order valence-corrected chi connectivity index (χ2v) is 1.27. The summed E-state index contributed by atoms with van der Waals surface area (Å²) in [5.41, 5.74) is 0. The molecule has 0 spiro atoms. The normalized spacial score (nSPS) is 5.33. The summed E-state index contributed by atoms with van der Waals surface area (Å²) in [5, 5.41) is 0. The fraction of sp³-hybridized carbons (Fsp3) is 0.500. The first-order valence-corrected chi connectivity index (χ1v) is 2.58. The number of thiol groups is 1. The molecule has 0 amide bonds. The molecule has 0 aromatic heterocycles. The molecule has 0 saturated heterocycles. The van der Waals surface area contributed by atoms with Gasteiger partial charge in [-0.3, -0.25) is 4.79 Å². The van der Waals surface area contributed by atoms with E-state index in [9.17, 15) is 0 Å². The Morgan fingerprint density at radius 3 is 1.67 bits per heavy atom. The fourth-order valence-electron chi connectivity index (χ4n) is 0. The quantitative estimate of drug-likeness (QED) is 0.315. The van der Waals surface area contributed by atoms with Gasteiger partial charge >= 0.3 is 0 Å². The maximum absolute atomic E-state index is 9.07. The molecule has 0 heterocycles. The van der Waals surface area contributed by atoms with Crippen molar-refractivity contribution in [2.24, 2.45) is 0 Å². The van der Waals surface area contributed by atoms with Crippen LogP contribution in [0.25, 0.3) is 0 Å².